The van der Waals surface area contributed by atoms with Crippen LogP contribution in [-0.2, 0) is 0 Å². The molecule has 7 rings (SSSR count). The van der Waals surface area contributed by atoms with Crippen molar-refractivity contribution >= 4 is 27.3 Å². The number of piperidine rings is 3. The number of carbonyl (C=O) groups excluding carboxylic acids is 1. The first-order valence-corrected chi connectivity index (χ1v) is 10.6. The van der Waals surface area contributed by atoms with Gasteiger partial charge in [-0.05, 0) is 87.0 Å². The molecule has 0 unspecified atom stereocenters. The summed E-state index contributed by atoms with van der Waals surface area (Å²) in [7, 11) is 0. The molecule has 1 amide bonds. The van der Waals surface area contributed by atoms with Crippen molar-refractivity contribution in [1.29, 1.82) is 0 Å². The van der Waals surface area contributed by atoms with E-state index >= 15 is 0 Å². The molecule has 1 aromatic heterocycles. The SMILES string of the molecule is O=C(N[C@H]1C2CCN(CC2)C12CC2)c1ccc2cc(C3CC3)sc2c1. The molecule has 3 saturated heterocycles. The summed E-state index contributed by atoms with van der Waals surface area (Å²) in [6, 6.07) is 8.95. The lowest BCUT2D eigenvalue weighted by Crippen LogP contribution is -2.65. The van der Waals surface area contributed by atoms with Crippen LogP contribution in [0.5, 0.6) is 0 Å². The molecule has 4 heteroatoms. The molecular formula is C21H24N2OS. The van der Waals surface area contributed by atoms with Crippen LogP contribution in [0.1, 0.15) is 59.7 Å². The van der Waals surface area contributed by atoms with Gasteiger partial charge in [0.15, 0.2) is 0 Å². The molecular weight excluding hydrogens is 328 g/mol. The number of thiophene rings is 1. The Morgan fingerprint density at radius 3 is 2.64 bits per heavy atom. The molecule has 1 spiro atoms. The van der Waals surface area contributed by atoms with Gasteiger partial charge in [0.25, 0.3) is 5.91 Å². The van der Waals surface area contributed by atoms with Crippen LogP contribution in [0.25, 0.3) is 10.1 Å². The topological polar surface area (TPSA) is 32.3 Å². The fourth-order valence-electron chi connectivity index (χ4n) is 5.31. The number of amides is 1. The van der Waals surface area contributed by atoms with Crippen LogP contribution in [0.15, 0.2) is 24.3 Å². The molecule has 2 bridgehead atoms. The van der Waals surface area contributed by atoms with E-state index in [1.54, 1.807) is 0 Å². The zero-order valence-corrected chi connectivity index (χ0v) is 15.3. The Hall–Kier alpha value is -1.39. The van der Waals surface area contributed by atoms with E-state index in [2.05, 4.69) is 28.4 Å². The maximum atomic E-state index is 13.0. The van der Waals surface area contributed by atoms with Gasteiger partial charge >= 0.3 is 0 Å². The van der Waals surface area contributed by atoms with Crippen molar-refractivity contribution < 1.29 is 4.79 Å². The summed E-state index contributed by atoms with van der Waals surface area (Å²) in [5, 5.41) is 4.75. The highest BCUT2D eigenvalue weighted by atomic mass is 32.1. The lowest BCUT2D eigenvalue weighted by atomic mass is 9.77. The van der Waals surface area contributed by atoms with E-state index < -0.39 is 0 Å². The average Bonchev–Trinajstić information content (AvgIpc) is 3.57. The number of rotatable bonds is 3. The molecule has 3 aliphatic heterocycles. The first kappa shape index (κ1) is 14.7. The maximum absolute atomic E-state index is 13.0. The maximum Gasteiger partial charge on any atom is 0.251 e. The molecule has 130 valence electrons. The van der Waals surface area contributed by atoms with Gasteiger partial charge in [-0.15, -0.1) is 11.3 Å². The predicted molar refractivity (Wildman–Crippen MR) is 101 cm³/mol. The molecule has 2 aromatic rings. The van der Waals surface area contributed by atoms with Crippen LogP contribution in [0.3, 0.4) is 0 Å². The van der Waals surface area contributed by atoms with Crippen LogP contribution >= 0.6 is 11.3 Å². The Kier molecular flexibility index (Phi) is 2.99. The zero-order chi connectivity index (χ0) is 16.6. The highest BCUT2D eigenvalue weighted by Gasteiger charge is 2.60. The van der Waals surface area contributed by atoms with Crippen LogP contribution in [-0.4, -0.2) is 35.5 Å². The summed E-state index contributed by atoms with van der Waals surface area (Å²) in [5.74, 6) is 1.60. The normalized spacial score (nSPS) is 32.2. The largest absolute Gasteiger partial charge is 0.347 e. The summed E-state index contributed by atoms with van der Waals surface area (Å²) in [4.78, 5) is 17.1. The Morgan fingerprint density at radius 2 is 1.92 bits per heavy atom. The summed E-state index contributed by atoms with van der Waals surface area (Å²) in [5.41, 5.74) is 1.15. The van der Waals surface area contributed by atoms with Gasteiger partial charge in [-0.1, -0.05) is 6.07 Å². The predicted octanol–water partition coefficient (Wildman–Crippen LogP) is 4.14. The number of nitrogens with one attached hydrogen (secondary N) is 1. The minimum Gasteiger partial charge on any atom is -0.347 e. The molecule has 5 fully saturated rings. The third kappa shape index (κ3) is 2.23. The molecule has 1 atom stereocenters. The fraction of sp³-hybridized carbons (Fsp3) is 0.571. The number of hydrogen-bond acceptors (Lipinski definition) is 3. The van der Waals surface area contributed by atoms with Gasteiger partial charge in [0.2, 0.25) is 0 Å². The van der Waals surface area contributed by atoms with Crippen molar-refractivity contribution in [2.75, 3.05) is 13.1 Å². The third-order valence-electron chi connectivity index (χ3n) is 7.05. The van der Waals surface area contributed by atoms with Crippen molar-refractivity contribution in [2.45, 2.75) is 56.0 Å². The smallest absolute Gasteiger partial charge is 0.251 e. The minimum atomic E-state index is 0.133. The zero-order valence-electron chi connectivity index (χ0n) is 14.5. The van der Waals surface area contributed by atoms with E-state index in [1.165, 1.54) is 66.6 Å². The number of hydrogen-bond donors (Lipinski definition) is 1. The summed E-state index contributed by atoms with van der Waals surface area (Å²) >= 11 is 1.88. The minimum absolute atomic E-state index is 0.133. The van der Waals surface area contributed by atoms with Crippen molar-refractivity contribution in [3.63, 3.8) is 0 Å². The van der Waals surface area contributed by atoms with Gasteiger partial charge in [-0.25, -0.2) is 0 Å². The Bertz CT molecular complexity index is 856. The second kappa shape index (κ2) is 5.08. The Morgan fingerprint density at radius 1 is 1.12 bits per heavy atom. The summed E-state index contributed by atoms with van der Waals surface area (Å²) in [6.07, 6.45) is 7.71. The van der Waals surface area contributed by atoms with Crippen LogP contribution < -0.4 is 5.32 Å². The Labute approximate surface area is 152 Å². The van der Waals surface area contributed by atoms with E-state index in [4.69, 9.17) is 0 Å². The second-order valence-electron chi connectivity index (χ2n) is 8.55. The molecule has 3 nitrogen and oxygen atoms in total. The van der Waals surface area contributed by atoms with Gasteiger partial charge in [0, 0.05) is 20.7 Å². The van der Waals surface area contributed by atoms with Crippen LogP contribution in [0.2, 0.25) is 0 Å². The quantitative estimate of drug-likeness (QED) is 0.900. The van der Waals surface area contributed by atoms with Crippen molar-refractivity contribution in [3.8, 4) is 0 Å². The molecule has 5 aliphatic rings. The summed E-state index contributed by atoms with van der Waals surface area (Å²) in [6.45, 7) is 2.48. The average molecular weight is 353 g/mol. The molecule has 1 aromatic carbocycles. The van der Waals surface area contributed by atoms with Gasteiger partial charge in [-0.3, -0.25) is 9.69 Å². The van der Waals surface area contributed by atoms with Crippen molar-refractivity contribution in [2.24, 2.45) is 5.92 Å². The van der Waals surface area contributed by atoms with Crippen molar-refractivity contribution in [3.05, 3.63) is 34.7 Å². The van der Waals surface area contributed by atoms with E-state index in [0.717, 1.165) is 11.5 Å². The van der Waals surface area contributed by atoms with Crippen molar-refractivity contribution in [1.82, 2.24) is 10.2 Å². The molecule has 2 saturated carbocycles. The Balaban J connectivity index is 1.27. The molecule has 2 aliphatic carbocycles. The standard InChI is InChI=1S/C21H24N2OS/c24-20(22-19-14-5-9-23(10-6-14)21(19)7-8-21)16-4-3-15-11-17(13-1-2-13)25-18(15)12-16/h3-4,11-14,19H,1-2,5-10H2,(H,22,24)/t19-/m0/s1. The van der Waals surface area contributed by atoms with Gasteiger partial charge in [0.05, 0.1) is 6.04 Å². The number of benzene rings is 1. The molecule has 4 heterocycles. The third-order valence-corrected chi connectivity index (χ3v) is 8.31. The highest BCUT2D eigenvalue weighted by Crippen LogP contribution is 2.53. The molecule has 25 heavy (non-hydrogen) atoms. The van der Waals surface area contributed by atoms with Crippen LogP contribution in [0, 0.1) is 5.92 Å². The van der Waals surface area contributed by atoms with Gasteiger partial charge in [-0.2, -0.15) is 0 Å². The second-order valence-corrected chi connectivity index (χ2v) is 9.67. The van der Waals surface area contributed by atoms with Crippen LogP contribution in [0.4, 0.5) is 0 Å². The summed E-state index contributed by atoms with van der Waals surface area (Å²) < 4.78 is 1.27. The molecule has 1 N–H and O–H groups in total. The number of carbonyl (C=O) groups is 1. The fourth-order valence-corrected chi connectivity index (χ4v) is 6.58. The molecule has 0 radical (unpaired) electrons. The van der Waals surface area contributed by atoms with E-state index in [1.807, 2.05) is 17.4 Å². The van der Waals surface area contributed by atoms with E-state index in [-0.39, 0.29) is 5.91 Å². The lowest BCUT2D eigenvalue weighted by molar-refractivity contribution is -0.00144. The number of fused-ring (bicyclic) bond motifs is 3. The van der Waals surface area contributed by atoms with E-state index in [0.29, 0.717) is 17.5 Å². The monoisotopic (exact) mass is 352 g/mol. The first-order chi connectivity index (χ1) is 12.2. The van der Waals surface area contributed by atoms with Gasteiger partial charge < -0.3 is 5.32 Å². The highest BCUT2D eigenvalue weighted by molar-refractivity contribution is 7.19. The van der Waals surface area contributed by atoms with E-state index in [9.17, 15) is 4.79 Å². The number of nitrogens with zero attached hydrogens (tertiary/aromatic N) is 1. The van der Waals surface area contributed by atoms with Gasteiger partial charge in [0.1, 0.15) is 0 Å². The first-order valence-electron chi connectivity index (χ1n) is 9.82. The lowest BCUT2D eigenvalue weighted by Gasteiger charge is -2.52.